The van der Waals surface area contributed by atoms with Crippen LogP contribution in [0.2, 0.25) is 0 Å². The highest BCUT2D eigenvalue weighted by atomic mass is 32.2. The van der Waals surface area contributed by atoms with Crippen LogP contribution in [0.5, 0.6) is 0 Å². The summed E-state index contributed by atoms with van der Waals surface area (Å²) in [5.41, 5.74) is -0.273. The van der Waals surface area contributed by atoms with Gasteiger partial charge in [-0.15, -0.1) is 0 Å². The second kappa shape index (κ2) is 7.98. The van der Waals surface area contributed by atoms with E-state index in [0.29, 0.717) is 6.54 Å². The summed E-state index contributed by atoms with van der Waals surface area (Å²) in [5, 5.41) is 22.3. The third-order valence-corrected chi connectivity index (χ3v) is 5.41. The minimum absolute atomic E-state index is 0.0397. The molecule has 0 radical (unpaired) electrons. The van der Waals surface area contributed by atoms with E-state index in [4.69, 9.17) is 5.14 Å². The molecular formula is C15H23N5O5S. The van der Waals surface area contributed by atoms with Crippen LogP contribution in [0.1, 0.15) is 20.3 Å². The maximum absolute atomic E-state index is 12.4. The molecule has 2 atom stereocenters. The molecule has 144 valence electrons. The van der Waals surface area contributed by atoms with Crippen molar-refractivity contribution in [1.82, 2.24) is 10.2 Å². The summed E-state index contributed by atoms with van der Waals surface area (Å²) in [6.45, 7) is 5.52. The Labute approximate surface area is 151 Å². The summed E-state index contributed by atoms with van der Waals surface area (Å²) in [4.78, 5) is 24.3. The van der Waals surface area contributed by atoms with Crippen LogP contribution >= 0.6 is 0 Å². The molecule has 1 fully saturated rings. The number of benzene rings is 1. The number of sulfonamides is 1. The third kappa shape index (κ3) is 4.68. The lowest BCUT2D eigenvalue weighted by Crippen LogP contribution is -2.57. The molecule has 0 saturated carbocycles. The second-order valence-corrected chi connectivity index (χ2v) is 7.79. The number of hydrogen-bond donors (Lipinski definition) is 3. The number of primary sulfonamides is 1. The predicted octanol–water partition coefficient (Wildman–Crippen LogP) is 0.253. The molecule has 26 heavy (non-hydrogen) atoms. The Hall–Kier alpha value is -2.24. The number of anilines is 1. The number of carbonyl (C=O) groups is 1. The van der Waals surface area contributed by atoms with Gasteiger partial charge in [0, 0.05) is 44.2 Å². The zero-order chi connectivity index (χ0) is 19.5. The van der Waals surface area contributed by atoms with E-state index in [9.17, 15) is 23.3 Å². The highest BCUT2D eigenvalue weighted by Crippen LogP contribution is 2.27. The molecule has 0 bridgehead atoms. The molecule has 1 heterocycles. The molecule has 1 aliphatic heterocycles. The number of nitrogens with one attached hydrogen (secondary N) is 2. The van der Waals surface area contributed by atoms with Crippen LogP contribution in [-0.4, -0.2) is 55.9 Å². The van der Waals surface area contributed by atoms with Crippen LogP contribution in [0.4, 0.5) is 11.4 Å². The SMILES string of the molecule is CC1NCCN(C(=O)CCNc2ccc(S(N)(=O)=O)cc2[N+](=O)[O-])C1C. The average Bonchev–Trinajstić information content (AvgIpc) is 2.56. The summed E-state index contributed by atoms with van der Waals surface area (Å²) >= 11 is 0. The van der Waals surface area contributed by atoms with Crippen LogP contribution in [0.15, 0.2) is 23.1 Å². The normalized spacial score (nSPS) is 20.7. The van der Waals surface area contributed by atoms with Crippen molar-refractivity contribution < 1.29 is 18.1 Å². The number of hydrogen-bond acceptors (Lipinski definition) is 7. The van der Waals surface area contributed by atoms with Crippen LogP contribution in [0, 0.1) is 10.1 Å². The van der Waals surface area contributed by atoms with Gasteiger partial charge < -0.3 is 15.5 Å². The van der Waals surface area contributed by atoms with E-state index in [1.165, 1.54) is 12.1 Å². The van der Waals surface area contributed by atoms with Gasteiger partial charge in [0.1, 0.15) is 5.69 Å². The van der Waals surface area contributed by atoms with Crippen LogP contribution in [-0.2, 0) is 14.8 Å². The fraction of sp³-hybridized carbons (Fsp3) is 0.533. The van der Waals surface area contributed by atoms with E-state index >= 15 is 0 Å². The number of amides is 1. The molecule has 0 aliphatic carbocycles. The number of rotatable bonds is 6. The molecule has 2 rings (SSSR count). The lowest BCUT2D eigenvalue weighted by Gasteiger charge is -2.38. The zero-order valence-corrected chi connectivity index (χ0v) is 15.5. The van der Waals surface area contributed by atoms with Crippen LogP contribution < -0.4 is 15.8 Å². The molecule has 11 heteroatoms. The van der Waals surface area contributed by atoms with E-state index in [2.05, 4.69) is 10.6 Å². The maximum Gasteiger partial charge on any atom is 0.293 e. The minimum atomic E-state index is -4.03. The van der Waals surface area contributed by atoms with Crippen molar-refractivity contribution in [1.29, 1.82) is 0 Å². The number of nitro groups is 1. The Morgan fingerprint density at radius 2 is 2.15 bits per heavy atom. The minimum Gasteiger partial charge on any atom is -0.379 e. The summed E-state index contributed by atoms with van der Waals surface area (Å²) < 4.78 is 22.7. The number of piperazine rings is 1. The molecule has 1 aromatic rings. The number of nitrogens with two attached hydrogens (primary N) is 1. The smallest absolute Gasteiger partial charge is 0.293 e. The molecular weight excluding hydrogens is 362 g/mol. The standard InChI is InChI=1S/C15H23N5O5S/c1-10-11(2)19(8-7-17-10)15(21)5-6-18-13-4-3-12(26(16,24)25)9-14(13)20(22)23/h3-4,9-11,17-18H,5-8H2,1-2H3,(H2,16,24,25). The first-order chi connectivity index (χ1) is 12.1. The topological polar surface area (TPSA) is 148 Å². The summed E-state index contributed by atoms with van der Waals surface area (Å²) in [6, 6.07) is 3.64. The molecule has 4 N–H and O–H groups in total. The predicted molar refractivity (Wildman–Crippen MR) is 96.2 cm³/mol. The van der Waals surface area contributed by atoms with Gasteiger partial charge in [-0.25, -0.2) is 13.6 Å². The lowest BCUT2D eigenvalue weighted by molar-refractivity contribution is -0.384. The molecule has 1 amide bonds. The van der Waals surface area contributed by atoms with Crippen LogP contribution in [0.25, 0.3) is 0 Å². The van der Waals surface area contributed by atoms with Gasteiger partial charge in [0.2, 0.25) is 15.9 Å². The quantitative estimate of drug-likeness (QED) is 0.470. The molecule has 0 spiro atoms. The first-order valence-electron chi connectivity index (χ1n) is 8.19. The molecule has 0 aromatic heterocycles. The Morgan fingerprint density at radius 1 is 1.46 bits per heavy atom. The van der Waals surface area contributed by atoms with Gasteiger partial charge in [0.25, 0.3) is 5.69 Å². The molecule has 1 aliphatic rings. The van der Waals surface area contributed by atoms with Crippen molar-refractivity contribution in [3.05, 3.63) is 28.3 Å². The van der Waals surface area contributed by atoms with Crippen molar-refractivity contribution >= 4 is 27.3 Å². The Kier molecular flexibility index (Phi) is 6.16. The molecule has 1 aromatic carbocycles. The maximum atomic E-state index is 12.4. The van der Waals surface area contributed by atoms with E-state index in [-0.39, 0.29) is 41.5 Å². The highest BCUT2D eigenvalue weighted by Gasteiger charge is 2.27. The van der Waals surface area contributed by atoms with Crippen molar-refractivity contribution in [3.63, 3.8) is 0 Å². The number of nitro benzene ring substituents is 1. The van der Waals surface area contributed by atoms with E-state index in [1.54, 1.807) is 4.90 Å². The monoisotopic (exact) mass is 385 g/mol. The van der Waals surface area contributed by atoms with E-state index in [0.717, 1.165) is 12.6 Å². The summed E-state index contributed by atoms with van der Waals surface area (Å²) in [7, 11) is -4.03. The van der Waals surface area contributed by atoms with Crippen LogP contribution in [0.3, 0.4) is 0 Å². The zero-order valence-electron chi connectivity index (χ0n) is 14.6. The summed E-state index contributed by atoms with van der Waals surface area (Å²) in [5.74, 6) is -0.0397. The molecule has 10 nitrogen and oxygen atoms in total. The Balaban J connectivity index is 2.03. The van der Waals surface area contributed by atoms with Gasteiger partial charge in [0.15, 0.2) is 0 Å². The second-order valence-electron chi connectivity index (χ2n) is 6.23. The van der Waals surface area contributed by atoms with Gasteiger partial charge in [-0.1, -0.05) is 0 Å². The van der Waals surface area contributed by atoms with Gasteiger partial charge in [-0.05, 0) is 26.0 Å². The van der Waals surface area contributed by atoms with E-state index < -0.39 is 20.6 Å². The van der Waals surface area contributed by atoms with Crippen molar-refractivity contribution in [3.8, 4) is 0 Å². The largest absolute Gasteiger partial charge is 0.379 e. The number of nitrogens with zero attached hydrogens (tertiary/aromatic N) is 2. The number of carbonyl (C=O) groups excluding carboxylic acids is 1. The fourth-order valence-electron chi connectivity index (χ4n) is 2.85. The van der Waals surface area contributed by atoms with Gasteiger partial charge in [-0.2, -0.15) is 0 Å². The van der Waals surface area contributed by atoms with Gasteiger partial charge >= 0.3 is 0 Å². The first kappa shape index (κ1) is 20.1. The first-order valence-corrected chi connectivity index (χ1v) is 9.74. The van der Waals surface area contributed by atoms with E-state index in [1.807, 2.05) is 13.8 Å². The Morgan fingerprint density at radius 3 is 2.77 bits per heavy atom. The van der Waals surface area contributed by atoms with Crippen molar-refractivity contribution in [2.75, 3.05) is 25.0 Å². The average molecular weight is 385 g/mol. The molecule has 2 unspecified atom stereocenters. The summed E-state index contributed by atoms with van der Waals surface area (Å²) in [6.07, 6.45) is 0.172. The van der Waals surface area contributed by atoms with Crippen molar-refractivity contribution in [2.45, 2.75) is 37.2 Å². The molecule has 1 saturated heterocycles. The Bertz CT molecular complexity index is 798. The fourth-order valence-corrected chi connectivity index (χ4v) is 3.38. The lowest BCUT2D eigenvalue weighted by atomic mass is 10.1. The third-order valence-electron chi connectivity index (χ3n) is 4.50. The van der Waals surface area contributed by atoms with Gasteiger partial charge in [0.05, 0.1) is 9.82 Å². The van der Waals surface area contributed by atoms with Crippen molar-refractivity contribution in [2.24, 2.45) is 5.14 Å². The highest BCUT2D eigenvalue weighted by molar-refractivity contribution is 7.89. The van der Waals surface area contributed by atoms with Gasteiger partial charge in [-0.3, -0.25) is 14.9 Å².